The Morgan fingerprint density at radius 2 is 0.818 bits per heavy atom. The van der Waals surface area contributed by atoms with E-state index < -0.39 is 16.1 Å². The fourth-order valence-corrected chi connectivity index (χ4v) is 4.73. The molecule has 44 heavy (non-hydrogen) atoms. The van der Waals surface area contributed by atoms with Crippen LogP contribution >= 0.6 is 0 Å². The number of allylic oxidation sites excluding steroid dienone is 6. The number of hydrogen-bond acceptors (Lipinski definition) is 3. The molecule has 1 aliphatic carbocycles. The zero-order valence-electron chi connectivity index (χ0n) is 28.7. The molecule has 0 heterocycles. The molecule has 0 saturated carbocycles. The molecule has 0 radical (unpaired) electrons. The number of hydrogen-bond donors (Lipinski definition) is 0. The van der Waals surface area contributed by atoms with Crippen LogP contribution < -0.4 is 15.3 Å². The molecule has 6 heteroatoms. The van der Waals surface area contributed by atoms with E-state index in [9.17, 15) is 15.3 Å². The largest absolute Gasteiger partial charge is 4.00 e. The van der Waals surface area contributed by atoms with Crippen molar-refractivity contribution in [3.05, 3.63) is 137 Å². The van der Waals surface area contributed by atoms with Gasteiger partial charge in [0, 0.05) is 0 Å². The van der Waals surface area contributed by atoms with Crippen LogP contribution in [-0.2, 0) is 21.7 Å². The molecule has 3 aromatic rings. The normalized spacial score (nSPS) is 13.5. The van der Waals surface area contributed by atoms with Crippen molar-refractivity contribution >= 4 is 16.1 Å². The molecule has 0 N–H and O–H groups in total. The third-order valence-electron chi connectivity index (χ3n) is 6.10. The van der Waals surface area contributed by atoms with Crippen molar-refractivity contribution in [3.63, 3.8) is 0 Å². The van der Waals surface area contributed by atoms with Crippen molar-refractivity contribution in [3.8, 4) is 17.2 Å². The molecule has 4 rings (SSSR count). The van der Waals surface area contributed by atoms with Crippen LogP contribution in [0.2, 0.25) is 39.3 Å². The molecule has 0 amide bonds. The first-order chi connectivity index (χ1) is 19.8. The quantitative estimate of drug-likeness (QED) is 0.160. The minimum Gasteiger partial charge on any atom is -0.872 e. The second-order valence-electron chi connectivity index (χ2n) is 13.0. The average Bonchev–Trinajstić information content (AvgIpc) is 3.09. The number of para-hydroxylation sites is 3. The van der Waals surface area contributed by atoms with Gasteiger partial charge in [-0.1, -0.05) is 187 Å². The molecule has 3 nitrogen and oxygen atoms in total. The Balaban J connectivity index is 0. The molecule has 0 bridgehead atoms. The van der Waals surface area contributed by atoms with Crippen LogP contribution in [0.4, 0.5) is 0 Å². The van der Waals surface area contributed by atoms with Gasteiger partial charge >= 0.3 is 21.7 Å². The molecule has 0 aromatic heterocycles. The molecular formula is C38H52O3Si2Ti. The van der Waals surface area contributed by atoms with Crippen molar-refractivity contribution in [1.82, 2.24) is 0 Å². The standard InChI is InChI=1S/C10H22Si2.C10H15.3C6H6O.Ti/c1-11(2,3)9-7-8-10-12(4,5)6;1-7-6-10(4,5)9(3)8(7)2;3*7-6-4-2-1-3-5-6;/h7-10H,1-6H3;1-5H3;3*1-5,7H;/q;-1;;;;+4/p-3. The van der Waals surface area contributed by atoms with Gasteiger partial charge in [0.2, 0.25) is 0 Å². The van der Waals surface area contributed by atoms with Gasteiger partial charge in [-0.15, -0.1) is 24.2 Å². The van der Waals surface area contributed by atoms with E-state index in [0.717, 1.165) is 0 Å². The maximum Gasteiger partial charge on any atom is 4.00 e. The zero-order chi connectivity index (χ0) is 33.1. The summed E-state index contributed by atoms with van der Waals surface area (Å²) >= 11 is 0. The average molecular weight is 661 g/mol. The van der Waals surface area contributed by atoms with Crippen LogP contribution in [0.25, 0.3) is 0 Å². The van der Waals surface area contributed by atoms with Crippen LogP contribution in [0.5, 0.6) is 17.2 Å². The molecule has 3 aromatic carbocycles. The van der Waals surface area contributed by atoms with E-state index >= 15 is 0 Å². The Morgan fingerprint density at radius 1 is 0.545 bits per heavy atom. The Kier molecular flexibility index (Phi) is 21.5. The van der Waals surface area contributed by atoms with Crippen molar-refractivity contribution < 1.29 is 37.0 Å². The monoisotopic (exact) mass is 660 g/mol. The molecule has 0 aliphatic heterocycles. The SMILES string of the molecule is CC1=[C-]C(C)(C)C(C)=C1C.C[Si](C)(C)C=CC=C[Si](C)(C)C.[O-]c1ccccc1.[O-]c1ccccc1.[O-]c1ccccc1.[Ti+4]. The smallest absolute Gasteiger partial charge is 0.872 e. The minimum absolute atomic E-state index is 0. The van der Waals surface area contributed by atoms with E-state index in [1.807, 2.05) is 18.2 Å². The first kappa shape index (κ1) is 43.3. The first-order valence-electron chi connectivity index (χ1n) is 14.7. The summed E-state index contributed by atoms with van der Waals surface area (Å²) in [4.78, 5) is 0. The van der Waals surface area contributed by atoms with E-state index in [0.29, 0.717) is 0 Å². The Labute approximate surface area is 285 Å². The number of benzene rings is 3. The topological polar surface area (TPSA) is 69.2 Å². The second-order valence-corrected chi connectivity index (χ2v) is 23.1. The summed E-state index contributed by atoms with van der Waals surface area (Å²) in [5.74, 6) is 0.215. The Bertz CT molecular complexity index is 1170. The van der Waals surface area contributed by atoms with E-state index in [2.05, 4.69) is 104 Å². The molecule has 0 spiro atoms. The molecule has 0 unspecified atom stereocenters. The van der Waals surface area contributed by atoms with E-state index in [-0.39, 0.29) is 44.4 Å². The number of rotatable bonds is 3. The van der Waals surface area contributed by atoms with Gasteiger partial charge in [-0.3, -0.25) is 6.08 Å². The van der Waals surface area contributed by atoms with Crippen molar-refractivity contribution in [2.75, 3.05) is 0 Å². The van der Waals surface area contributed by atoms with Crippen LogP contribution in [0, 0.1) is 11.5 Å². The van der Waals surface area contributed by atoms with Crippen molar-refractivity contribution in [1.29, 1.82) is 0 Å². The summed E-state index contributed by atoms with van der Waals surface area (Å²) in [5.41, 5.74) is 9.15. The maximum absolute atomic E-state index is 10.3. The summed E-state index contributed by atoms with van der Waals surface area (Å²) in [6.45, 7) is 25.0. The maximum atomic E-state index is 10.3. The predicted molar refractivity (Wildman–Crippen MR) is 187 cm³/mol. The van der Waals surface area contributed by atoms with Crippen LogP contribution in [0.15, 0.2) is 131 Å². The third kappa shape index (κ3) is 23.6. The minimum atomic E-state index is -0.970. The first-order valence-corrected chi connectivity index (χ1v) is 21.8. The van der Waals surface area contributed by atoms with Gasteiger partial charge in [-0.2, -0.15) is 11.1 Å². The van der Waals surface area contributed by atoms with Gasteiger partial charge in [-0.25, -0.2) is 5.57 Å². The van der Waals surface area contributed by atoms with Gasteiger partial charge in [0.25, 0.3) is 0 Å². The third-order valence-corrected chi connectivity index (χ3v) is 8.48. The Morgan fingerprint density at radius 3 is 0.932 bits per heavy atom. The summed E-state index contributed by atoms with van der Waals surface area (Å²) in [6, 6.07) is 25.0. The van der Waals surface area contributed by atoms with E-state index in [1.54, 1.807) is 36.4 Å². The van der Waals surface area contributed by atoms with Gasteiger partial charge in [0.1, 0.15) is 0 Å². The zero-order valence-corrected chi connectivity index (χ0v) is 32.3. The summed E-state index contributed by atoms with van der Waals surface area (Å²) in [5, 5.41) is 30.8. The fraction of sp³-hybridized carbons (Fsp3) is 0.316. The molecular weight excluding hydrogens is 608 g/mol. The fourth-order valence-electron chi connectivity index (χ4n) is 3.36. The second kappa shape index (κ2) is 21.8. The van der Waals surface area contributed by atoms with Gasteiger partial charge < -0.3 is 15.3 Å². The summed E-state index contributed by atoms with van der Waals surface area (Å²) in [7, 11) is -1.94. The van der Waals surface area contributed by atoms with Crippen molar-refractivity contribution in [2.45, 2.75) is 73.9 Å². The van der Waals surface area contributed by atoms with Crippen LogP contribution in [0.3, 0.4) is 0 Å². The van der Waals surface area contributed by atoms with Crippen LogP contribution in [0.1, 0.15) is 34.6 Å². The van der Waals surface area contributed by atoms with E-state index in [1.165, 1.54) is 53.1 Å². The molecule has 0 fully saturated rings. The van der Waals surface area contributed by atoms with Gasteiger partial charge in [-0.05, 0) is 0 Å². The van der Waals surface area contributed by atoms with Gasteiger partial charge in [0.05, 0.1) is 16.1 Å². The molecule has 234 valence electrons. The van der Waals surface area contributed by atoms with Crippen LogP contribution in [-0.4, -0.2) is 16.1 Å². The summed E-state index contributed by atoms with van der Waals surface area (Å²) in [6.07, 6.45) is 7.89. The van der Waals surface area contributed by atoms with E-state index in [4.69, 9.17) is 0 Å². The molecule has 1 aliphatic rings. The predicted octanol–water partition coefficient (Wildman–Crippen LogP) is 9.24. The Hall–Kier alpha value is -2.83. The molecule has 0 saturated heterocycles. The van der Waals surface area contributed by atoms with Crippen molar-refractivity contribution in [2.24, 2.45) is 5.41 Å². The van der Waals surface area contributed by atoms with Gasteiger partial charge in [0.15, 0.2) is 0 Å². The molecule has 0 atom stereocenters. The summed E-state index contributed by atoms with van der Waals surface area (Å²) < 4.78 is 0.